The number of phenolic OH excluding ortho intramolecular Hbond substituents is 2. The van der Waals surface area contributed by atoms with E-state index in [1.165, 1.54) is 0 Å². The monoisotopic (exact) mass is 448 g/mol. The molecule has 2 N–H and O–H groups in total. The van der Waals surface area contributed by atoms with Crippen molar-refractivity contribution in [1.29, 1.82) is 0 Å². The SMILES string of the molecule is CC1(C)c2cccc(N=Cc3ccccc3O)c2Oc2c(N=Cc3ccccc3O)cccc21. The first-order valence-corrected chi connectivity index (χ1v) is 11.0. The van der Waals surface area contributed by atoms with Crippen LogP contribution in [-0.4, -0.2) is 22.6 Å². The van der Waals surface area contributed by atoms with Gasteiger partial charge < -0.3 is 14.9 Å². The molecule has 168 valence electrons. The fourth-order valence-electron chi connectivity index (χ4n) is 4.17. The summed E-state index contributed by atoms with van der Waals surface area (Å²) in [5.74, 6) is 1.67. The van der Waals surface area contributed by atoms with E-state index in [2.05, 4.69) is 36.0 Å². The van der Waals surface area contributed by atoms with Gasteiger partial charge in [-0.15, -0.1) is 0 Å². The van der Waals surface area contributed by atoms with Crippen LogP contribution in [0.3, 0.4) is 0 Å². The van der Waals surface area contributed by atoms with Gasteiger partial charge in [-0.2, -0.15) is 0 Å². The van der Waals surface area contributed by atoms with Crippen molar-refractivity contribution in [3.05, 3.63) is 107 Å². The van der Waals surface area contributed by atoms with Gasteiger partial charge in [0.15, 0.2) is 11.5 Å². The molecular formula is C29H24N2O3. The average molecular weight is 449 g/mol. The number of ether oxygens (including phenoxy) is 1. The van der Waals surface area contributed by atoms with Crippen molar-refractivity contribution in [3.8, 4) is 23.0 Å². The number of benzene rings is 4. The molecule has 0 atom stereocenters. The van der Waals surface area contributed by atoms with Crippen molar-refractivity contribution >= 4 is 23.8 Å². The van der Waals surface area contributed by atoms with E-state index in [1.54, 1.807) is 48.8 Å². The van der Waals surface area contributed by atoms with Crippen LogP contribution in [0.4, 0.5) is 11.4 Å². The zero-order valence-electron chi connectivity index (χ0n) is 18.9. The summed E-state index contributed by atoms with van der Waals surface area (Å²) in [4.78, 5) is 9.28. The van der Waals surface area contributed by atoms with Crippen LogP contribution in [0.1, 0.15) is 36.1 Å². The molecule has 4 aromatic carbocycles. The van der Waals surface area contributed by atoms with Crippen molar-refractivity contribution in [2.45, 2.75) is 19.3 Å². The molecule has 0 radical (unpaired) electrons. The van der Waals surface area contributed by atoms with Gasteiger partial charge in [-0.25, -0.2) is 0 Å². The topological polar surface area (TPSA) is 74.4 Å². The lowest BCUT2D eigenvalue weighted by Crippen LogP contribution is -2.24. The first-order chi connectivity index (χ1) is 16.4. The van der Waals surface area contributed by atoms with Crippen LogP contribution in [0, 0.1) is 0 Å². The molecule has 0 unspecified atom stereocenters. The second kappa shape index (κ2) is 8.52. The second-order valence-electron chi connectivity index (χ2n) is 8.67. The van der Waals surface area contributed by atoms with E-state index in [-0.39, 0.29) is 16.9 Å². The molecule has 1 aliphatic rings. The Kier molecular flexibility index (Phi) is 5.38. The molecule has 1 heterocycles. The lowest BCUT2D eigenvalue weighted by Gasteiger charge is -2.35. The zero-order chi connectivity index (χ0) is 23.7. The summed E-state index contributed by atoms with van der Waals surface area (Å²) in [6.45, 7) is 4.31. The van der Waals surface area contributed by atoms with Gasteiger partial charge in [0, 0.05) is 40.1 Å². The molecular weight excluding hydrogens is 424 g/mol. The van der Waals surface area contributed by atoms with E-state index in [0.29, 0.717) is 34.0 Å². The summed E-state index contributed by atoms with van der Waals surface area (Å²) >= 11 is 0. The second-order valence-corrected chi connectivity index (χ2v) is 8.67. The maximum absolute atomic E-state index is 10.1. The third-order valence-electron chi connectivity index (χ3n) is 6.10. The standard InChI is InChI=1S/C29H24N2O3/c1-29(2)21-11-7-13-23(30-17-19-9-3-5-15-25(19)32)27(21)34-28-22(29)12-8-14-24(28)31-18-20-10-4-6-16-26(20)33/h3-18,32-33H,1-2H3. The van der Waals surface area contributed by atoms with E-state index >= 15 is 0 Å². The lowest BCUT2D eigenvalue weighted by atomic mass is 9.75. The third kappa shape index (κ3) is 3.82. The molecule has 0 amide bonds. The van der Waals surface area contributed by atoms with Gasteiger partial charge in [-0.3, -0.25) is 9.98 Å². The predicted octanol–water partition coefficient (Wildman–Crippen LogP) is 7.03. The molecule has 5 heteroatoms. The summed E-state index contributed by atoms with van der Waals surface area (Å²) in [7, 11) is 0. The van der Waals surface area contributed by atoms with E-state index in [9.17, 15) is 10.2 Å². The zero-order valence-corrected chi connectivity index (χ0v) is 18.9. The fraction of sp³-hybridized carbons (Fsp3) is 0.103. The number of aromatic hydroxyl groups is 2. The first kappa shape index (κ1) is 21.5. The Hall–Kier alpha value is -4.38. The Bertz CT molecular complexity index is 1330. The summed E-state index contributed by atoms with van der Waals surface area (Å²) < 4.78 is 6.46. The lowest BCUT2D eigenvalue weighted by molar-refractivity contribution is 0.420. The van der Waals surface area contributed by atoms with Crippen LogP contribution in [0.25, 0.3) is 0 Å². The minimum absolute atomic E-state index is 0.170. The van der Waals surface area contributed by atoms with Crippen LogP contribution >= 0.6 is 0 Å². The maximum Gasteiger partial charge on any atom is 0.157 e. The number of hydrogen-bond donors (Lipinski definition) is 2. The highest BCUT2D eigenvalue weighted by Crippen LogP contribution is 2.53. The van der Waals surface area contributed by atoms with Crippen molar-refractivity contribution in [2.75, 3.05) is 0 Å². The number of phenols is 2. The molecule has 5 rings (SSSR count). The summed E-state index contributed by atoms with van der Waals surface area (Å²) in [6.07, 6.45) is 3.28. The van der Waals surface area contributed by atoms with Gasteiger partial charge >= 0.3 is 0 Å². The van der Waals surface area contributed by atoms with Gasteiger partial charge in [0.05, 0.1) is 0 Å². The molecule has 4 aromatic rings. The number of aliphatic imine (C=N–C) groups is 2. The van der Waals surface area contributed by atoms with Crippen LogP contribution in [0.5, 0.6) is 23.0 Å². The molecule has 34 heavy (non-hydrogen) atoms. The van der Waals surface area contributed by atoms with E-state index in [0.717, 1.165) is 11.1 Å². The number of hydrogen-bond acceptors (Lipinski definition) is 5. The Balaban J connectivity index is 1.58. The van der Waals surface area contributed by atoms with Crippen molar-refractivity contribution in [3.63, 3.8) is 0 Å². The van der Waals surface area contributed by atoms with Crippen LogP contribution < -0.4 is 4.74 Å². The van der Waals surface area contributed by atoms with Gasteiger partial charge in [-0.1, -0.05) is 62.4 Å². The Morgan fingerprint density at radius 1 is 0.618 bits per heavy atom. The predicted molar refractivity (Wildman–Crippen MR) is 136 cm³/mol. The van der Waals surface area contributed by atoms with Crippen LogP contribution in [-0.2, 0) is 5.41 Å². The highest BCUT2D eigenvalue weighted by Gasteiger charge is 2.36. The molecule has 1 aliphatic heterocycles. The van der Waals surface area contributed by atoms with E-state index < -0.39 is 0 Å². The molecule has 0 aromatic heterocycles. The molecule has 0 bridgehead atoms. The number of nitrogens with zero attached hydrogens (tertiary/aromatic N) is 2. The highest BCUT2D eigenvalue weighted by molar-refractivity contribution is 5.88. The van der Waals surface area contributed by atoms with E-state index in [1.807, 2.05) is 36.4 Å². The molecule has 5 nitrogen and oxygen atoms in total. The van der Waals surface area contributed by atoms with Gasteiger partial charge in [0.2, 0.25) is 0 Å². The van der Waals surface area contributed by atoms with Crippen molar-refractivity contribution in [1.82, 2.24) is 0 Å². The maximum atomic E-state index is 10.1. The fourth-order valence-corrected chi connectivity index (χ4v) is 4.17. The summed E-state index contributed by atoms with van der Waals surface area (Å²) in [5.41, 5.74) is 4.29. The number of rotatable bonds is 4. The third-order valence-corrected chi connectivity index (χ3v) is 6.10. The molecule has 0 spiro atoms. The van der Waals surface area contributed by atoms with E-state index in [4.69, 9.17) is 4.74 Å². The van der Waals surface area contributed by atoms with Gasteiger partial charge in [-0.05, 0) is 36.4 Å². The van der Waals surface area contributed by atoms with Crippen molar-refractivity contribution in [2.24, 2.45) is 9.98 Å². The number of para-hydroxylation sites is 4. The minimum atomic E-state index is -0.344. The molecule has 0 saturated carbocycles. The number of fused-ring (bicyclic) bond motifs is 2. The normalized spacial score (nSPS) is 14.1. The molecule has 0 fully saturated rings. The van der Waals surface area contributed by atoms with Gasteiger partial charge in [0.25, 0.3) is 0 Å². The smallest absolute Gasteiger partial charge is 0.157 e. The van der Waals surface area contributed by atoms with Gasteiger partial charge in [0.1, 0.15) is 22.9 Å². The first-order valence-electron chi connectivity index (χ1n) is 11.0. The van der Waals surface area contributed by atoms with Crippen LogP contribution in [0.15, 0.2) is 94.9 Å². The van der Waals surface area contributed by atoms with Crippen LogP contribution in [0.2, 0.25) is 0 Å². The van der Waals surface area contributed by atoms with Crippen molar-refractivity contribution < 1.29 is 14.9 Å². The average Bonchev–Trinajstić information content (AvgIpc) is 2.83. The quantitative estimate of drug-likeness (QED) is 0.329. The molecule has 0 aliphatic carbocycles. The largest absolute Gasteiger partial charge is 0.507 e. The Morgan fingerprint density at radius 3 is 1.50 bits per heavy atom. The Morgan fingerprint density at radius 2 is 1.06 bits per heavy atom. The molecule has 0 saturated heterocycles. The summed E-state index contributed by atoms with van der Waals surface area (Å²) in [5, 5.41) is 20.2. The highest BCUT2D eigenvalue weighted by atomic mass is 16.5. The Labute approximate surface area is 198 Å². The minimum Gasteiger partial charge on any atom is -0.507 e. The summed E-state index contributed by atoms with van der Waals surface area (Å²) in [6, 6.07) is 25.9.